The second-order valence-electron chi connectivity index (χ2n) is 11.9. The maximum Gasteiger partial charge on any atom is 0.418 e. The maximum atomic E-state index is 14.4. The number of fused-ring (bicyclic) bond motifs is 3. The van der Waals surface area contributed by atoms with Gasteiger partial charge in [-0.3, -0.25) is 9.69 Å². The molecule has 2 saturated heterocycles. The Labute approximate surface area is 257 Å². The highest BCUT2D eigenvalue weighted by Gasteiger charge is 2.39. The van der Waals surface area contributed by atoms with Gasteiger partial charge in [-0.15, -0.1) is 0 Å². The number of carbonyl (C=O) groups excluding carboxylic acids is 1. The molecule has 0 aliphatic carbocycles. The van der Waals surface area contributed by atoms with Crippen LogP contribution in [0.25, 0.3) is 22.2 Å². The van der Waals surface area contributed by atoms with Crippen molar-refractivity contribution in [1.82, 2.24) is 24.8 Å². The van der Waals surface area contributed by atoms with E-state index >= 15 is 0 Å². The number of benzene rings is 1. The highest BCUT2D eigenvalue weighted by atomic mass is 19.4. The number of hydrogen-bond donors (Lipinski definition) is 1. The molecule has 3 aliphatic rings. The molecule has 0 radical (unpaired) electrons. The first-order valence-electron chi connectivity index (χ1n) is 14.9. The number of nitrogens with zero attached hydrogens (tertiary/aromatic N) is 6. The standard InChI is InChI=1S/C31H35F4N7O3/c1-5-24(43)41-7-8-42(17(3)13-41)29-25-22(37-30(39-29)45-15-19-11-18(32)14-40(19)4)12-21(20-6-9-44-28(20)25)27-26(31(33,34)35)16(2)10-23(36)38-27/h5,10,12,17-19H,1,6-9,11,13-15H2,2-4H3,(H2,36,38)/t17-,18+,19-/m0/s1. The number of likely N-dealkylation sites (tertiary alicyclic amines) is 1. The number of hydrogen-bond acceptors (Lipinski definition) is 9. The molecule has 3 aliphatic heterocycles. The molecule has 0 saturated carbocycles. The summed E-state index contributed by atoms with van der Waals surface area (Å²) in [6, 6.07) is 2.40. The molecule has 45 heavy (non-hydrogen) atoms. The van der Waals surface area contributed by atoms with E-state index in [1.165, 1.54) is 19.1 Å². The number of aromatic nitrogens is 3. The van der Waals surface area contributed by atoms with Crippen molar-refractivity contribution in [3.63, 3.8) is 0 Å². The first kappa shape index (κ1) is 30.8. The zero-order valence-corrected chi connectivity index (χ0v) is 25.3. The number of nitrogens with two attached hydrogens (primary N) is 1. The predicted octanol–water partition coefficient (Wildman–Crippen LogP) is 4.18. The van der Waals surface area contributed by atoms with Gasteiger partial charge >= 0.3 is 12.2 Å². The Kier molecular flexibility index (Phi) is 7.96. The molecule has 3 aromatic rings. The minimum Gasteiger partial charge on any atom is -0.492 e. The highest BCUT2D eigenvalue weighted by Crippen LogP contribution is 2.47. The Morgan fingerprint density at radius 3 is 2.67 bits per heavy atom. The van der Waals surface area contributed by atoms with Crippen LogP contribution in [0.1, 0.15) is 30.0 Å². The molecule has 2 fully saturated rings. The van der Waals surface area contributed by atoms with Crippen LogP contribution in [0.2, 0.25) is 0 Å². The van der Waals surface area contributed by atoms with E-state index in [1.807, 2.05) is 23.8 Å². The summed E-state index contributed by atoms with van der Waals surface area (Å²) in [5.41, 5.74) is 5.83. The molecule has 2 aromatic heterocycles. The van der Waals surface area contributed by atoms with Gasteiger partial charge in [0.25, 0.3) is 0 Å². The van der Waals surface area contributed by atoms with Crippen LogP contribution in [0, 0.1) is 6.92 Å². The van der Waals surface area contributed by atoms with Crippen LogP contribution in [-0.4, -0.2) is 95.4 Å². The summed E-state index contributed by atoms with van der Waals surface area (Å²) in [5, 5.41) is 0.532. The Hall–Kier alpha value is -4.20. The number of rotatable bonds is 6. The van der Waals surface area contributed by atoms with Crippen LogP contribution in [-0.2, 0) is 17.4 Å². The first-order valence-corrected chi connectivity index (χ1v) is 14.9. The SMILES string of the molecule is C=CC(=O)N1CCN(c2nc(OC[C@@H]3C[C@@H](F)CN3C)nc3cc(-c4nc(N)cc(C)c4C(F)(F)F)c4c(c23)OCC4)[C@@H](C)C1. The smallest absolute Gasteiger partial charge is 0.418 e. The Morgan fingerprint density at radius 2 is 2.00 bits per heavy atom. The Morgan fingerprint density at radius 1 is 1.22 bits per heavy atom. The lowest BCUT2D eigenvalue weighted by Gasteiger charge is -2.40. The fourth-order valence-electron chi connectivity index (χ4n) is 6.64. The van der Waals surface area contributed by atoms with Crippen molar-refractivity contribution in [2.45, 2.75) is 51.1 Å². The second-order valence-corrected chi connectivity index (χ2v) is 11.9. The molecule has 10 nitrogen and oxygen atoms in total. The first-order chi connectivity index (χ1) is 21.3. The normalized spacial score (nSPS) is 22.1. The van der Waals surface area contributed by atoms with Crippen molar-refractivity contribution in [3.05, 3.63) is 41.5 Å². The summed E-state index contributed by atoms with van der Waals surface area (Å²) in [6.07, 6.45) is -3.72. The van der Waals surface area contributed by atoms with Crippen molar-refractivity contribution in [3.8, 4) is 23.0 Å². The monoisotopic (exact) mass is 629 g/mol. The molecule has 5 heterocycles. The largest absolute Gasteiger partial charge is 0.492 e. The molecule has 3 atom stereocenters. The van der Waals surface area contributed by atoms with Crippen LogP contribution in [0.15, 0.2) is 24.8 Å². The van der Waals surface area contributed by atoms with E-state index in [2.05, 4.69) is 16.5 Å². The number of anilines is 2. The number of amides is 1. The third-order valence-electron chi connectivity index (χ3n) is 8.81. The summed E-state index contributed by atoms with van der Waals surface area (Å²) in [5.74, 6) is 0.646. The Balaban J connectivity index is 1.52. The number of alkyl halides is 4. The molecule has 14 heteroatoms. The van der Waals surface area contributed by atoms with Crippen LogP contribution < -0.4 is 20.1 Å². The maximum absolute atomic E-state index is 14.4. The summed E-state index contributed by atoms with van der Waals surface area (Å²) < 4.78 is 69.4. The van der Waals surface area contributed by atoms with E-state index in [0.717, 1.165) is 0 Å². The Bertz CT molecular complexity index is 1670. The number of piperazine rings is 1. The second kappa shape index (κ2) is 11.6. The molecule has 1 amide bonds. The number of ether oxygens (including phenoxy) is 2. The molecule has 2 N–H and O–H groups in total. The van der Waals surface area contributed by atoms with Crippen LogP contribution in [0.3, 0.4) is 0 Å². The molecular formula is C31H35F4N7O3. The lowest BCUT2D eigenvalue weighted by atomic mass is 9.94. The highest BCUT2D eigenvalue weighted by molar-refractivity contribution is 6.01. The van der Waals surface area contributed by atoms with Gasteiger partial charge in [0.2, 0.25) is 5.91 Å². The topological polar surface area (TPSA) is 110 Å². The van der Waals surface area contributed by atoms with Gasteiger partial charge < -0.3 is 25.0 Å². The van der Waals surface area contributed by atoms with Crippen LogP contribution >= 0.6 is 0 Å². The van der Waals surface area contributed by atoms with Crippen molar-refractivity contribution >= 4 is 28.4 Å². The van der Waals surface area contributed by atoms with E-state index in [-0.39, 0.29) is 59.9 Å². The average Bonchev–Trinajstić information content (AvgIpc) is 3.59. The summed E-state index contributed by atoms with van der Waals surface area (Å²) in [4.78, 5) is 31.6. The minimum atomic E-state index is -4.69. The number of halogens is 4. The molecular weight excluding hydrogens is 594 g/mol. The van der Waals surface area contributed by atoms with E-state index < -0.39 is 17.9 Å². The van der Waals surface area contributed by atoms with E-state index in [0.29, 0.717) is 67.1 Å². The van der Waals surface area contributed by atoms with Crippen LogP contribution in [0.4, 0.5) is 29.2 Å². The lowest BCUT2D eigenvalue weighted by Crippen LogP contribution is -2.53. The fourth-order valence-corrected chi connectivity index (χ4v) is 6.64. The quantitative estimate of drug-likeness (QED) is 0.317. The van der Waals surface area contributed by atoms with E-state index in [9.17, 15) is 22.4 Å². The average molecular weight is 630 g/mol. The fraction of sp³-hybridized carbons (Fsp3) is 0.484. The molecule has 0 bridgehead atoms. The van der Waals surface area contributed by atoms with Gasteiger partial charge in [0.15, 0.2) is 0 Å². The van der Waals surface area contributed by atoms with Gasteiger partial charge in [-0.25, -0.2) is 9.37 Å². The molecule has 0 unspecified atom stereocenters. The van der Waals surface area contributed by atoms with E-state index in [1.54, 1.807) is 11.0 Å². The van der Waals surface area contributed by atoms with Crippen molar-refractivity contribution in [1.29, 1.82) is 0 Å². The third kappa shape index (κ3) is 5.71. The molecule has 1 aromatic carbocycles. The summed E-state index contributed by atoms with van der Waals surface area (Å²) in [6.45, 7) is 8.80. The third-order valence-corrected chi connectivity index (χ3v) is 8.81. The van der Waals surface area contributed by atoms with Crippen molar-refractivity contribution in [2.75, 3.05) is 57.1 Å². The number of nitrogen functional groups attached to an aromatic ring is 1. The van der Waals surface area contributed by atoms with E-state index in [4.69, 9.17) is 20.2 Å². The number of likely N-dealkylation sites (N-methyl/N-ethyl adjacent to an activating group) is 1. The molecule has 240 valence electrons. The van der Waals surface area contributed by atoms with Gasteiger partial charge in [-0.05, 0) is 51.1 Å². The lowest BCUT2D eigenvalue weighted by molar-refractivity contribution is -0.137. The van der Waals surface area contributed by atoms with Crippen LogP contribution in [0.5, 0.6) is 11.8 Å². The van der Waals surface area contributed by atoms with Gasteiger partial charge in [0.05, 0.1) is 28.8 Å². The van der Waals surface area contributed by atoms with Crippen molar-refractivity contribution < 1.29 is 31.8 Å². The minimum absolute atomic E-state index is 0.00154. The predicted molar refractivity (Wildman–Crippen MR) is 161 cm³/mol. The van der Waals surface area contributed by atoms with Crippen molar-refractivity contribution in [2.24, 2.45) is 0 Å². The molecule has 0 spiro atoms. The van der Waals surface area contributed by atoms with Gasteiger partial charge in [-0.1, -0.05) is 6.58 Å². The summed E-state index contributed by atoms with van der Waals surface area (Å²) >= 11 is 0. The van der Waals surface area contributed by atoms with Gasteiger partial charge in [-0.2, -0.15) is 23.1 Å². The summed E-state index contributed by atoms with van der Waals surface area (Å²) in [7, 11) is 1.82. The number of carbonyl (C=O) groups is 1. The zero-order chi connectivity index (χ0) is 32.2. The number of pyridine rings is 1. The zero-order valence-electron chi connectivity index (χ0n) is 25.3. The van der Waals surface area contributed by atoms with Gasteiger partial charge in [0.1, 0.15) is 30.2 Å². The molecule has 6 rings (SSSR count). The van der Waals surface area contributed by atoms with Gasteiger partial charge in [0, 0.05) is 55.8 Å². The number of aryl methyl sites for hydroxylation is 1.